The van der Waals surface area contributed by atoms with Gasteiger partial charge < -0.3 is 14.5 Å². The highest BCUT2D eigenvalue weighted by Gasteiger charge is 2.37. The summed E-state index contributed by atoms with van der Waals surface area (Å²) in [5.41, 5.74) is -3.31. The van der Waals surface area contributed by atoms with Crippen LogP contribution in [0, 0.1) is 0 Å². The van der Waals surface area contributed by atoms with Crippen LogP contribution in [-0.4, -0.2) is 37.0 Å². The highest BCUT2D eigenvalue weighted by molar-refractivity contribution is 5.77. The van der Waals surface area contributed by atoms with Crippen molar-refractivity contribution in [2.45, 2.75) is 51.4 Å². The number of alkyl halides is 9. The number of methoxy groups -OCH3 is 1. The molecule has 0 unspecified atom stereocenters. The van der Waals surface area contributed by atoms with Gasteiger partial charge in [0.25, 0.3) is 0 Å². The molecule has 3 aromatic carbocycles. The Morgan fingerprint density at radius 2 is 1.28 bits per heavy atom. The number of hydrogen-bond acceptors (Lipinski definition) is 2. The first-order valence-corrected chi connectivity index (χ1v) is 12.9. The van der Waals surface area contributed by atoms with Crippen molar-refractivity contribution in [3.63, 3.8) is 0 Å². The highest BCUT2D eigenvalue weighted by atomic mass is 19.4. The number of halogens is 9. The molecule has 0 radical (unpaired) electrons. The van der Waals surface area contributed by atoms with Gasteiger partial charge in [0.2, 0.25) is 0 Å². The zero-order valence-corrected chi connectivity index (χ0v) is 23.8. The molecule has 0 spiro atoms. The molecule has 0 saturated heterocycles. The first kappa shape index (κ1) is 33.6. The summed E-state index contributed by atoms with van der Waals surface area (Å²) < 4.78 is 128. The van der Waals surface area contributed by atoms with Gasteiger partial charge >= 0.3 is 24.6 Å². The first-order valence-electron chi connectivity index (χ1n) is 12.9. The van der Waals surface area contributed by atoms with E-state index in [4.69, 9.17) is 4.74 Å². The van der Waals surface area contributed by atoms with Crippen LogP contribution >= 0.6 is 0 Å². The fourth-order valence-corrected chi connectivity index (χ4v) is 4.47. The maximum Gasteiger partial charge on any atom is 0.416 e. The molecule has 13 heteroatoms. The number of carbonyl (C=O) groups is 1. The summed E-state index contributed by atoms with van der Waals surface area (Å²) in [5, 5.41) is 0. The number of hydrogen-bond donors (Lipinski definition) is 0. The molecule has 234 valence electrons. The summed E-state index contributed by atoms with van der Waals surface area (Å²) in [6.45, 7) is 2.47. The van der Waals surface area contributed by atoms with E-state index in [1.165, 1.54) is 27.3 Å². The van der Waals surface area contributed by atoms with E-state index in [0.29, 0.717) is 23.4 Å². The Hall–Kier alpha value is -3.90. The molecule has 0 aromatic heterocycles. The van der Waals surface area contributed by atoms with Crippen LogP contribution in [-0.2, 0) is 31.6 Å². The number of urea groups is 1. The summed E-state index contributed by atoms with van der Waals surface area (Å²) in [6.07, 6.45) is -15.0. The monoisotopic (exact) mass is 620 g/mol. The Morgan fingerprint density at radius 1 is 0.721 bits per heavy atom. The van der Waals surface area contributed by atoms with Crippen molar-refractivity contribution >= 4 is 6.03 Å². The molecule has 0 bridgehead atoms. The number of benzene rings is 3. The Balaban J connectivity index is 2.23. The minimum absolute atomic E-state index is 0.0260. The van der Waals surface area contributed by atoms with Crippen molar-refractivity contribution in [3.8, 4) is 16.9 Å². The van der Waals surface area contributed by atoms with Crippen LogP contribution in [0.2, 0.25) is 0 Å². The molecule has 0 aliphatic carbocycles. The molecular weight excluding hydrogens is 591 g/mol. The van der Waals surface area contributed by atoms with Gasteiger partial charge in [-0.05, 0) is 70.6 Å². The van der Waals surface area contributed by atoms with Crippen molar-refractivity contribution in [2.75, 3.05) is 21.2 Å². The molecule has 3 aromatic rings. The zero-order valence-electron chi connectivity index (χ0n) is 23.8. The second-order valence-corrected chi connectivity index (χ2v) is 10.4. The van der Waals surface area contributed by atoms with Gasteiger partial charge in [-0.3, -0.25) is 0 Å². The van der Waals surface area contributed by atoms with Gasteiger partial charge in [-0.25, -0.2) is 4.79 Å². The molecule has 0 saturated carbocycles. The van der Waals surface area contributed by atoms with Crippen molar-refractivity contribution in [2.24, 2.45) is 0 Å². The van der Waals surface area contributed by atoms with Gasteiger partial charge in [0.05, 0.1) is 23.8 Å². The summed E-state index contributed by atoms with van der Waals surface area (Å²) in [4.78, 5) is 15.1. The Kier molecular flexibility index (Phi) is 9.67. The fraction of sp³-hybridized carbons (Fsp3) is 0.367. The predicted octanol–water partition coefficient (Wildman–Crippen LogP) is 9.23. The van der Waals surface area contributed by atoms with Gasteiger partial charge in [0.15, 0.2) is 0 Å². The molecule has 0 N–H and O–H groups in total. The van der Waals surface area contributed by atoms with Crippen LogP contribution in [0.25, 0.3) is 11.1 Å². The third kappa shape index (κ3) is 8.14. The van der Waals surface area contributed by atoms with E-state index >= 15 is 0 Å². The molecule has 0 fully saturated rings. The van der Waals surface area contributed by atoms with Gasteiger partial charge in [-0.15, -0.1) is 0 Å². The average Bonchev–Trinajstić information content (AvgIpc) is 2.90. The van der Waals surface area contributed by atoms with E-state index in [9.17, 15) is 44.3 Å². The number of amides is 2. The summed E-state index contributed by atoms with van der Waals surface area (Å²) in [5.74, 6) is 0.335. The molecule has 0 heterocycles. The van der Waals surface area contributed by atoms with Crippen LogP contribution in [0.15, 0.2) is 54.6 Å². The van der Waals surface area contributed by atoms with E-state index in [1.807, 2.05) is 13.8 Å². The van der Waals surface area contributed by atoms with E-state index in [1.54, 1.807) is 18.2 Å². The van der Waals surface area contributed by atoms with Crippen LogP contribution in [0.1, 0.15) is 53.1 Å². The van der Waals surface area contributed by atoms with Crippen LogP contribution in [0.4, 0.5) is 44.3 Å². The van der Waals surface area contributed by atoms with Gasteiger partial charge in [-0.1, -0.05) is 26.0 Å². The SMILES string of the molecule is COc1ccc(C(C)C)cc1-c1ccc(C(F)(F)F)cc1CN(Cc1cc(C(F)(F)F)cc(C(F)(F)F)c1)C(=O)N(C)C. The average molecular weight is 621 g/mol. The first-order chi connectivity index (χ1) is 19.7. The lowest BCUT2D eigenvalue weighted by Crippen LogP contribution is -2.38. The largest absolute Gasteiger partial charge is 0.496 e. The normalized spacial score (nSPS) is 12.4. The molecule has 2 amide bonds. The fourth-order valence-electron chi connectivity index (χ4n) is 4.47. The number of rotatable bonds is 7. The summed E-state index contributed by atoms with van der Waals surface area (Å²) >= 11 is 0. The number of nitrogens with zero attached hydrogens (tertiary/aromatic N) is 2. The number of ether oxygens (including phenoxy) is 1. The Bertz CT molecular complexity index is 1430. The van der Waals surface area contributed by atoms with Crippen molar-refractivity contribution in [1.82, 2.24) is 9.80 Å². The smallest absolute Gasteiger partial charge is 0.416 e. The van der Waals surface area contributed by atoms with Crippen LogP contribution in [0.5, 0.6) is 5.75 Å². The molecule has 4 nitrogen and oxygen atoms in total. The maximum atomic E-state index is 13.8. The molecule has 3 rings (SSSR count). The Morgan fingerprint density at radius 3 is 1.74 bits per heavy atom. The highest BCUT2D eigenvalue weighted by Crippen LogP contribution is 2.40. The third-order valence-electron chi connectivity index (χ3n) is 6.65. The number of carbonyl (C=O) groups excluding carboxylic acids is 1. The molecule has 0 atom stereocenters. The molecule has 43 heavy (non-hydrogen) atoms. The quantitative estimate of drug-likeness (QED) is 0.247. The van der Waals surface area contributed by atoms with E-state index in [2.05, 4.69) is 0 Å². The second kappa shape index (κ2) is 12.4. The topological polar surface area (TPSA) is 32.8 Å². The molecule has 0 aliphatic rings. The minimum Gasteiger partial charge on any atom is -0.496 e. The lowest BCUT2D eigenvalue weighted by atomic mass is 9.92. The lowest BCUT2D eigenvalue weighted by Gasteiger charge is -2.28. The van der Waals surface area contributed by atoms with Crippen molar-refractivity contribution < 1.29 is 49.0 Å². The second-order valence-electron chi connectivity index (χ2n) is 10.4. The molecule has 0 aliphatic heterocycles. The summed E-state index contributed by atoms with van der Waals surface area (Å²) in [6, 6.07) is 8.06. The zero-order chi connectivity index (χ0) is 32.5. The van der Waals surface area contributed by atoms with Crippen molar-refractivity contribution in [1.29, 1.82) is 0 Å². The van der Waals surface area contributed by atoms with Gasteiger partial charge in [-0.2, -0.15) is 39.5 Å². The van der Waals surface area contributed by atoms with E-state index < -0.39 is 59.9 Å². The maximum absolute atomic E-state index is 13.8. The van der Waals surface area contributed by atoms with Crippen LogP contribution < -0.4 is 4.74 Å². The predicted molar refractivity (Wildman–Crippen MR) is 142 cm³/mol. The summed E-state index contributed by atoms with van der Waals surface area (Å²) in [7, 11) is 3.96. The standard InChI is InChI=1S/C30H29F9N2O2/c1-17(2)19-6-9-26(43-5)25(13-19)24-8-7-21(28(31,32)33)12-20(24)16-41(27(42)40(3)4)15-18-10-22(29(34,35)36)14-23(11-18)30(37,38)39/h6-14,17H,15-16H2,1-5H3. The van der Waals surface area contributed by atoms with E-state index in [-0.39, 0.29) is 23.1 Å². The molecular formula is C30H29F9N2O2. The van der Waals surface area contributed by atoms with Crippen molar-refractivity contribution in [3.05, 3.63) is 88.0 Å². The van der Waals surface area contributed by atoms with Crippen LogP contribution in [0.3, 0.4) is 0 Å². The lowest BCUT2D eigenvalue weighted by molar-refractivity contribution is -0.143. The van der Waals surface area contributed by atoms with E-state index in [0.717, 1.165) is 27.5 Å². The minimum atomic E-state index is -5.13. The van der Waals surface area contributed by atoms with Gasteiger partial charge in [0.1, 0.15) is 5.75 Å². The van der Waals surface area contributed by atoms with Gasteiger partial charge in [0, 0.05) is 32.7 Å². The third-order valence-corrected chi connectivity index (χ3v) is 6.65. The Labute approximate surface area is 242 Å².